The molecule has 1 atom stereocenters. The number of rotatable bonds is 3. The van der Waals surface area contributed by atoms with E-state index in [1.54, 1.807) is 4.90 Å². The molecule has 20 heavy (non-hydrogen) atoms. The molecule has 0 bridgehead atoms. The summed E-state index contributed by atoms with van der Waals surface area (Å²) in [7, 11) is 0. The number of urea groups is 1. The first-order valence-corrected chi connectivity index (χ1v) is 7.01. The van der Waals surface area contributed by atoms with Gasteiger partial charge in [-0.1, -0.05) is 18.5 Å². The third kappa shape index (κ3) is 3.04. The van der Waals surface area contributed by atoms with Crippen LogP contribution in [0.5, 0.6) is 0 Å². The molecule has 1 unspecified atom stereocenters. The lowest BCUT2D eigenvalue weighted by Gasteiger charge is -2.24. The van der Waals surface area contributed by atoms with Gasteiger partial charge in [0.05, 0.1) is 11.3 Å². The summed E-state index contributed by atoms with van der Waals surface area (Å²) in [5, 5.41) is 12.2. The Bertz CT molecular complexity index is 533. The lowest BCUT2D eigenvalue weighted by molar-refractivity contribution is 0.0698. The minimum absolute atomic E-state index is 0.0370. The Labute approximate surface area is 122 Å². The molecule has 108 valence electrons. The molecule has 6 heteroatoms. The number of benzene rings is 1. The molecule has 0 spiro atoms. The van der Waals surface area contributed by atoms with Crippen LogP contribution in [0, 0.1) is 0 Å². The van der Waals surface area contributed by atoms with Crippen LogP contribution in [0.15, 0.2) is 18.2 Å². The zero-order valence-corrected chi connectivity index (χ0v) is 12.0. The number of carbonyl (C=O) groups is 2. The Hall–Kier alpha value is -1.75. The summed E-state index contributed by atoms with van der Waals surface area (Å²) in [5.41, 5.74) is 0.270. The third-order valence-corrected chi connectivity index (χ3v) is 3.80. The van der Waals surface area contributed by atoms with Gasteiger partial charge in [-0.2, -0.15) is 0 Å². The average Bonchev–Trinajstić information content (AvgIpc) is 2.86. The van der Waals surface area contributed by atoms with Crippen molar-refractivity contribution in [1.29, 1.82) is 0 Å². The Morgan fingerprint density at radius 3 is 2.90 bits per heavy atom. The van der Waals surface area contributed by atoms with Gasteiger partial charge < -0.3 is 15.3 Å². The molecule has 0 radical (unpaired) electrons. The fourth-order valence-electron chi connectivity index (χ4n) is 2.52. The van der Waals surface area contributed by atoms with Gasteiger partial charge in [-0.15, -0.1) is 0 Å². The van der Waals surface area contributed by atoms with Crippen molar-refractivity contribution >= 4 is 29.3 Å². The molecule has 1 aliphatic heterocycles. The lowest BCUT2D eigenvalue weighted by Crippen LogP contribution is -2.38. The quantitative estimate of drug-likeness (QED) is 0.897. The maximum atomic E-state index is 12.2. The smallest absolute Gasteiger partial charge is 0.337 e. The number of carbonyl (C=O) groups excluding carboxylic acids is 1. The number of amides is 2. The van der Waals surface area contributed by atoms with E-state index in [0.717, 1.165) is 19.3 Å². The molecule has 1 aromatic rings. The van der Waals surface area contributed by atoms with Crippen molar-refractivity contribution in [2.24, 2.45) is 0 Å². The molecule has 1 fully saturated rings. The third-order valence-electron chi connectivity index (χ3n) is 3.56. The predicted octanol–water partition coefficient (Wildman–Crippen LogP) is 3.44. The van der Waals surface area contributed by atoms with E-state index in [1.807, 2.05) is 6.92 Å². The highest BCUT2D eigenvalue weighted by molar-refractivity contribution is 6.31. The van der Waals surface area contributed by atoms with E-state index in [1.165, 1.54) is 18.2 Å². The second-order valence-corrected chi connectivity index (χ2v) is 5.26. The van der Waals surface area contributed by atoms with Crippen LogP contribution in [0.2, 0.25) is 5.02 Å². The number of likely N-dealkylation sites (tertiary alicyclic amines) is 1. The van der Waals surface area contributed by atoms with Crippen LogP contribution in [0.1, 0.15) is 36.5 Å². The van der Waals surface area contributed by atoms with Crippen LogP contribution >= 0.6 is 11.6 Å². The van der Waals surface area contributed by atoms with Crippen LogP contribution in [0.25, 0.3) is 0 Å². The van der Waals surface area contributed by atoms with Crippen LogP contribution in [-0.4, -0.2) is 34.6 Å². The summed E-state index contributed by atoms with van der Waals surface area (Å²) >= 11 is 5.86. The van der Waals surface area contributed by atoms with Crippen LogP contribution in [-0.2, 0) is 0 Å². The van der Waals surface area contributed by atoms with Crippen molar-refractivity contribution in [2.45, 2.75) is 32.2 Å². The van der Waals surface area contributed by atoms with Gasteiger partial charge in [-0.05, 0) is 37.5 Å². The van der Waals surface area contributed by atoms with Crippen molar-refractivity contribution in [3.8, 4) is 0 Å². The topological polar surface area (TPSA) is 69.6 Å². The number of carboxylic acids is 1. The molecule has 1 heterocycles. The number of carboxylic acid groups (broad SMARTS) is 1. The van der Waals surface area contributed by atoms with Gasteiger partial charge in [-0.3, -0.25) is 0 Å². The molecule has 0 aliphatic carbocycles. The summed E-state index contributed by atoms with van der Waals surface area (Å²) in [5.74, 6) is -1.09. The molecular weight excluding hydrogens is 280 g/mol. The van der Waals surface area contributed by atoms with E-state index >= 15 is 0 Å². The fraction of sp³-hybridized carbons (Fsp3) is 0.429. The molecular formula is C14H17ClN2O3. The first kappa shape index (κ1) is 14.7. The van der Waals surface area contributed by atoms with E-state index in [0.29, 0.717) is 11.6 Å². The van der Waals surface area contributed by atoms with Crippen molar-refractivity contribution in [3.63, 3.8) is 0 Å². The normalized spacial score (nSPS) is 18.1. The first-order valence-electron chi connectivity index (χ1n) is 6.63. The SMILES string of the molecule is CCC1CCCN1C(=O)Nc1cc(Cl)ccc1C(=O)O. The summed E-state index contributed by atoms with van der Waals surface area (Å²) in [4.78, 5) is 25.2. The summed E-state index contributed by atoms with van der Waals surface area (Å²) < 4.78 is 0. The number of halogens is 1. The lowest BCUT2D eigenvalue weighted by atomic mass is 10.1. The summed E-state index contributed by atoms with van der Waals surface area (Å²) in [6, 6.07) is 4.30. The zero-order valence-electron chi connectivity index (χ0n) is 11.2. The highest BCUT2D eigenvalue weighted by atomic mass is 35.5. The van der Waals surface area contributed by atoms with Crippen molar-refractivity contribution in [2.75, 3.05) is 11.9 Å². The van der Waals surface area contributed by atoms with E-state index in [-0.39, 0.29) is 23.3 Å². The molecule has 2 N–H and O–H groups in total. The molecule has 2 rings (SSSR count). The molecule has 0 aromatic heterocycles. The molecule has 0 saturated carbocycles. The van der Waals surface area contributed by atoms with Crippen LogP contribution in [0.3, 0.4) is 0 Å². The number of nitrogens with one attached hydrogen (secondary N) is 1. The molecule has 2 amide bonds. The number of hydrogen-bond donors (Lipinski definition) is 2. The van der Waals surface area contributed by atoms with Crippen LogP contribution in [0.4, 0.5) is 10.5 Å². The second kappa shape index (κ2) is 6.13. The average molecular weight is 297 g/mol. The van der Waals surface area contributed by atoms with Crippen LogP contribution < -0.4 is 5.32 Å². The number of aromatic carboxylic acids is 1. The second-order valence-electron chi connectivity index (χ2n) is 4.82. The standard InChI is InChI=1S/C14H17ClN2O3/c1-2-10-4-3-7-17(10)14(20)16-12-8-9(15)5-6-11(12)13(18)19/h5-6,8,10H,2-4,7H2,1H3,(H,16,20)(H,18,19). The first-order chi connectivity index (χ1) is 9.52. The molecule has 5 nitrogen and oxygen atoms in total. The maximum Gasteiger partial charge on any atom is 0.337 e. The maximum absolute atomic E-state index is 12.2. The van der Waals surface area contributed by atoms with Gasteiger partial charge in [0.15, 0.2) is 0 Å². The van der Waals surface area contributed by atoms with E-state index in [9.17, 15) is 9.59 Å². The minimum Gasteiger partial charge on any atom is -0.478 e. The Kier molecular flexibility index (Phi) is 4.49. The van der Waals surface area contributed by atoms with Crippen molar-refractivity contribution < 1.29 is 14.7 Å². The summed E-state index contributed by atoms with van der Waals surface area (Å²) in [6.07, 6.45) is 2.87. The molecule has 1 aromatic carbocycles. The highest BCUT2D eigenvalue weighted by Gasteiger charge is 2.28. The minimum atomic E-state index is -1.09. The molecule has 1 aliphatic rings. The van der Waals surface area contributed by atoms with Gasteiger partial charge in [0.2, 0.25) is 0 Å². The summed E-state index contributed by atoms with van der Waals surface area (Å²) in [6.45, 7) is 2.74. The monoisotopic (exact) mass is 296 g/mol. The van der Waals surface area contributed by atoms with Gasteiger partial charge in [0.1, 0.15) is 0 Å². The Morgan fingerprint density at radius 2 is 2.25 bits per heavy atom. The van der Waals surface area contributed by atoms with E-state index in [4.69, 9.17) is 16.7 Å². The van der Waals surface area contributed by atoms with E-state index in [2.05, 4.69) is 5.32 Å². The van der Waals surface area contributed by atoms with Gasteiger partial charge in [0.25, 0.3) is 0 Å². The van der Waals surface area contributed by atoms with Gasteiger partial charge >= 0.3 is 12.0 Å². The Balaban J connectivity index is 2.19. The zero-order chi connectivity index (χ0) is 14.7. The number of anilines is 1. The van der Waals surface area contributed by atoms with Crippen molar-refractivity contribution in [1.82, 2.24) is 4.90 Å². The highest BCUT2D eigenvalue weighted by Crippen LogP contribution is 2.24. The van der Waals surface area contributed by atoms with E-state index < -0.39 is 5.97 Å². The number of nitrogens with zero attached hydrogens (tertiary/aromatic N) is 1. The molecule has 1 saturated heterocycles. The van der Waals surface area contributed by atoms with Crippen molar-refractivity contribution in [3.05, 3.63) is 28.8 Å². The largest absolute Gasteiger partial charge is 0.478 e. The predicted molar refractivity (Wildman–Crippen MR) is 77.4 cm³/mol. The van der Waals surface area contributed by atoms with Gasteiger partial charge in [-0.25, -0.2) is 9.59 Å². The fourth-order valence-corrected chi connectivity index (χ4v) is 2.69. The Morgan fingerprint density at radius 1 is 1.50 bits per heavy atom. The van der Waals surface area contributed by atoms with Gasteiger partial charge in [0, 0.05) is 17.6 Å². The number of hydrogen-bond acceptors (Lipinski definition) is 2.